The Balaban J connectivity index is 1.61. The summed E-state index contributed by atoms with van der Waals surface area (Å²) in [5.74, 6) is 1.64. The van der Waals surface area contributed by atoms with Crippen LogP contribution in [0.15, 0.2) is 12.2 Å². The van der Waals surface area contributed by atoms with Crippen LogP contribution in [0, 0.1) is 41.4 Å². The fourth-order valence-corrected chi connectivity index (χ4v) is 10.9. The first kappa shape index (κ1) is 35.1. The minimum atomic E-state index is -2.07. The van der Waals surface area contributed by atoms with E-state index < -0.39 is 16.6 Å². The van der Waals surface area contributed by atoms with Gasteiger partial charge >= 0.3 is 5.97 Å². The van der Waals surface area contributed by atoms with Crippen molar-refractivity contribution < 1.29 is 23.2 Å². The molecule has 4 aliphatic rings. The molecule has 0 radical (unpaired) electrons. The zero-order valence-corrected chi connectivity index (χ0v) is 31.6. The van der Waals surface area contributed by atoms with E-state index in [0.29, 0.717) is 30.0 Å². The first-order valence-corrected chi connectivity index (χ1v) is 23.3. The lowest BCUT2D eigenvalue weighted by Gasteiger charge is -2.41. The van der Waals surface area contributed by atoms with Crippen molar-refractivity contribution in [1.82, 2.24) is 0 Å². The van der Waals surface area contributed by atoms with Gasteiger partial charge in [0, 0.05) is 24.4 Å². The molecule has 0 unspecified atom stereocenters. The van der Waals surface area contributed by atoms with Gasteiger partial charge in [0.15, 0.2) is 16.6 Å². The number of carbonyl (C=O) groups is 2. The number of Topliss-reactive ketones (excluding diaryl/α,β-unsaturated/α-hetero) is 1. The van der Waals surface area contributed by atoms with Crippen molar-refractivity contribution in [2.75, 3.05) is 0 Å². The first-order chi connectivity index (χ1) is 19.8. The standard InChI is InChI=1S/C36H64O5Si2/c1-13-25-15-14-16-32(41-43(11,12)36(6,7)8)23(2)34(38)31-21-29-27(30(31)22-33(37)39-25)18-17-24-19-26(20-28(24)29)40-42(9,10)35(3,4)5/h17-18,23-32H,13-16,19-22H2,1-12H3/t23-,24+,25+,26+,27+,28+,29+,30-,31-,32-/m0/s1. The molecule has 246 valence electrons. The van der Waals surface area contributed by atoms with Crippen LogP contribution in [0.2, 0.25) is 36.3 Å². The van der Waals surface area contributed by atoms with Crippen LogP contribution in [-0.2, 0) is 23.2 Å². The maximum atomic E-state index is 14.6. The Labute approximate surface area is 265 Å². The van der Waals surface area contributed by atoms with Crippen molar-refractivity contribution >= 4 is 28.4 Å². The molecule has 43 heavy (non-hydrogen) atoms. The fourth-order valence-electron chi connectivity index (χ4n) is 8.10. The third-order valence-electron chi connectivity index (χ3n) is 12.8. The van der Waals surface area contributed by atoms with Gasteiger partial charge in [-0.2, -0.15) is 0 Å². The van der Waals surface area contributed by atoms with Gasteiger partial charge in [-0.3, -0.25) is 9.59 Å². The molecule has 3 aliphatic carbocycles. The van der Waals surface area contributed by atoms with E-state index in [2.05, 4.69) is 93.7 Å². The summed E-state index contributed by atoms with van der Waals surface area (Å²) in [6.45, 7) is 27.3. The molecule has 0 N–H and O–H groups in total. The molecule has 0 aromatic rings. The molecule has 0 aromatic carbocycles. The number of allylic oxidation sites excluding steroid dienone is 2. The highest BCUT2D eigenvalue weighted by atomic mass is 28.4. The molecule has 0 amide bonds. The highest BCUT2D eigenvalue weighted by Gasteiger charge is 2.55. The Morgan fingerprint density at radius 2 is 1.47 bits per heavy atom. The van der Waals surface area contributed by atoms with Gasteiger partial charge in [0.25, 0.3) is 0 Å². The zero-order valence-electron chi connectivity index (χ0n) is 29.6. The van der Waals surface area contributed by atoms with E-state index in [0.717, 1.165) is 44.9 Å². The second-order valence-electron chi connectivity index (χ2n) is 17.7. The van der Waals surface area contributed by atoms with Gasteiger partial charge < -0.3 is 13.6 Å². The fraction of sp³-hybridized carbons (Fsp3) is 0.889. The molecule has 1 aliphatic heterocycles. The van der Waals surface area contributed by atoms with E-state index in [1.807, 2.05) is 0 Å². The van der Waals surface area contributed by atoms with Gasteiger partial charge in [-0.05, 0) is 111 Å². The topological polar surface area (TPSA) is 61.8 Å². The van der Waals surface area contributed by atoms with Crippen molar-refractivity contribution in [3.63, 3.8) is 0 Å². The monoisotopic (exact) mass is 632 g/mol. The summed E-state index contributed by atoms with van der Waals surface area (Å²) >= 11 is 0. The predicted octanol–water partition coefficient (Wildman–Crippen LogP) is 9.33. The molecule has 3 fully saturated rings. The summed E-state index contributed by atoms with van der Waals surface area (Å²) < 4.78 is 20.1. The van der Waals surface area contributed by atoms with Crippen LogP contribution in [0.1, 0.15) is 107 Å². The minimum Gasteiger partial charge on any atom is -0.462 e. The second kappa shape index (κ2) is 12.8. The number of hydrogen-bond acceptors (Lipinski definition) is 5. The molecule has 10 atom stereocenters. The van der Waals surface area contributed by atoms with E-state index in [9.17, 15) is 9.59 Å². The molecule has 4 rings (SSSR count). The predicted molar refractivity (Wildman–Crippen MR) is 181 cm³/mol. The second-order valence-corrected chi connectivity index (χ2v) is 27.2. The molecule has 7 heteroatoms. The number of esters is 1. The maximum Gasteiger partial charge on any atom is 0.306 e. The molecular weight excluding hydrogens is 569 g/mol. The Hall–Kier alpha value is -0.766. The smallest absolute Gasteiger partial charge is 0.306 e. The third kappa shape index (κ3) is 7.46. The quantitative estimate of drug-likeness (QED) is 0.172. The molecule has 0 aromatic heterocycles. The average molecular weight is 633 g/mol. The summed E-state index contributed by atoms with van der Waals surface area (Å²) in [6.07, 6.45) is 11.8. The van der Waals surface area contributed by atoms with E-state index in [1.54, 1.807) is 0 Å². The van der Waals surface area contributed by atoms with Crippen molar-refractivity contribution in [3.8, 4) is 0 Å². The van der Waals surface area contributed by atoms with Gasteiger partial charge in [0.2, 0.25) is 0 Å². The average Bonchev–Trinajstić information content (AvgIpc) is 3.45. The van der Waals surface area contributed by atoms with Crippen molar-refractivity contribution in [1.29, 1.82) is 0 Å². The van der Waals surface area contributed by atoms with E-state index in [1.165, 1.54) is 0 Å². The summed E-state index contributed by atoms with van der Waals surface area (Å²) in [4.78, 5) is 27.9. The summed E-state index contributed by atoms with van der Waals surface area (Å²) in [5, 5.41) is 0.270. The highest BCUT2D eigenvalue weighted by molar-refractivity contribution is 6.74. The number of carbonyl (C=O) groups excluding carboxylic acids is 2. The number of cyclic esters (lactones) is 1. The number of rotatable bonds is 5. The molecule has 0 spiro atoms. The highest BCUT2D eigenvalue weighted by Crippen LogP contribution is 2.57. The van der Waals surface area contributed by atoms with Gasteiger partial charge in [-0.1, -0.05) is 67.5 Å². The van der Waals surface area contributed by atoms with Gasteiger partial charge in [0.05, 0.1) is 6.10 Å². The first-order valence-electron chi connectivity index (χ1n) is 17.5. The van der Waals surface area contributed by atoms with Gasteiger partial charge in [0.1, 0.15) is 11.9 Å². The van der Waals surface area contributed by atoms with Crippen LogP contribution in [0.25, 0.3) is 0 Å². The lowest BCUT2D eigenvalue weighted by atomic mass is 9.71. The molecule has 2 saturated carbocycles. The van der Waals surface area contributed by atoms with Crippen molar-refractivity contribution in [3.05, 3.63) is 12.2 Å². The normalized spacial score (nSPS) is 38.0. The van der Waals surface area contributed by atoms with Crippen LogP contribution in [-0.4, -0.2) is 46.7 Å². The Morgan fingerprint density at radius 3 is 2.07 bits per heavy atom. The summed E-state index contributed by atoms with van der Waals surface area (Å²) in [7, 11) is -3.94. The van der Waals surface area contributed by atoms with E-state index in [4.69, 9.17) is 13.6 Å². The molecule has 0 bridgehead atoms. The lowest BCUT2D eigenvalue weighted by molar-refractivity contribution is -0.152. The van der Waals surface area contributed by atoms with Crippen molar-refractivity contribution in [2.24, 2.45) is 41.4 Å². The van der Waals surface area contributed by atoms with Crippen molar-refractivity contribution in [2.45, 2.75) is 161 Å². The Kier molecular flexibility index (Phi) is 10.4. The van der Waals surface area contributed by atoms with Crippen LogP contribution < -0.4 is 0 Å². The van der Waals surface area contributed by atoms with Gasteiger partial charge in [-0.25, -0.2) is 0 Å². The summed E-state index contributed by atoms with van der Waals surface area (Å²) in [6, 6.07) is 0. The van der Waals surface area contributed by atoms with Crippen LogP contribution in [0.3, 0.4) is 0 Å². The number of hydrogen-bond donors (Lipinski definition) is 0. The number of fused-ring (bicyclic) bond motifs is 5. The maximum absolute atomic E-state index is 14.6. The van der Waals surface area contributed by atoms with Crippen LogP contribution in [0.5, 0.6) is 0 Å². The van der Waals surface area contributed by atoms with E-state index >= 15 is 0 Å². The summed E-state index contributed by atoms with van der Waals surface area (Å²) in [5.41, 5.74) is 0. The number of ether oxygens (including phenoxy) is 1. The molecular formula is C36H64O5Si2. The molecule has 5 nitrogen and oxygen atoms in total. The van der Waals surface area contributed by atoms with E-state index in [-0.39, 0.29) is 58.0 Å². The Morgan fingerprint density at radius 1 is 0.837 bits per heavy atom. The van der Waals surface area contributed by atoms with Crippen LogP contribution >= 0.6 is 0 Å². The van der Waals surface area contributed by atoms with Crippen LogP contribution in [0.4, 0.5) is 0 Å². The minimum absolute atomic E-state index is 0.00969. The number of ketones is 1. The third-order valence-corrected chi connectivity index (χ3v) is 21.9. The molecule has 1 heterocycles. The largest absolute Gasteiger partial charge is 0.462 e. The Bertz CT molecular complexity index is 1040. The SMILES string of the molecule is CC[C@@H]1CCC[C@H](O[Si](C)(C)C(C)(C)C)[C@H](C)C(=O)[C@H]2C[C@@H]3[C@@H](C=C[C@@H]4C[C@@H](O[Si](C)(C)C(C)(C)C)C[C@@H]34)[C@@H]2CC(=O)O1. The molecule has 1 saturated heterocycles. The zero-order chi connectivity index (χ0) is 32.1. The lowest BCUT2D eigenvalue weighted by Crippen LogP contribution is -2.47. The van der Waals surface area contributed by atoms with Gasteiger partial charge in [-0.15, -0.1) is 0 Å².